The predicted octanol–water partition coefficient (Wildman–Crippen LogP) is 1.72. The maximum atomic E-state index is 6.01. The third-order valence-corrected chi connectivity index (χ3v) is 2.35. The first-order valence-electron chi connectivity index (χ1n) is 4.75. The van der Waals surface area contributed by atoms with Gasteiger partial charge in [0, 0.05) is 7.05 Å². The van der Waals surface area contributed by atoms with Gasteiger partial charge in [0.15, 0.2) is 11.5 Å². The zero-order valence-electron chi connectivity index (χ0n) is 8.85. The number of aromatic nitrogens is 4. The third-order valence-electron chi connectivity index (χ3n) is 2.06. The van der Waals surface area contributed by atoms with Gasteiger partial charge in [-0.1, -0.05) is 17.7 Å². The van der Waals surface area contributed by atoms with E-state index in [9.17, 15) is 0 Å². The molecule has 0 spiro atoms. The van der Waals surface area contributed by atoms with E-state index >= 15 is 0 Å². The molecule has 0 aliphatic heterocycles. The Kier molecular flexibility index (Phi) is 3.17. The van der Waals surface area contributed by atoms with Gasteiger partial charge in [-0.15, -0.1) is 6.58 Å². The Morgan fingerprint density at radius 3 is 3.12 bits per heavy atom. The summed E-state index contributed by atoms with van der Waals surface area (Å²) >= 11 is 6.01. The van der Waals surface area contributed by atoms with Gasteiger partial charge in [0.05, 0.1) is 18.2 Å². The molecule has 2 aromatic heterocycles. The Balaban J connectivity index is 2.32. The Labute approximate surface area is 97.7 Å². The lowest BCUT2D eigenvalue weighted by Crippen LogP contribution is -2.02. The van der Waals surface area contributed by atoms with E-state index in [0.717, 1.165) is 5.39 Å². The van der Waals surface area contributed by atoms with Gasteiger partial charge >= 0.3 is 0 Å². The van der Waals surface area contributed by atoms with Crippen molar-refractivity contribution in [2.45, 2.75) is 6.61 Å². The van der Waals surface area contributed by atoms with Gasteiger partial charge < -0.3 is 4.74 Å². The molecule has 16 heavy (non-hydrogen) atoms. The van der Waals surface area contributed by atoms with Gasteiger partial charge in [0.2, 0.25) is 0 Å². The fraction of sp³-hybridized carbons (Fsp3) is 0.300. The highest BCUT2D eigenvalue weighted by atomic mass is 35.5. The second-order valence-corrected chi connectivity index (χ2v) is 3.60. The molecule has 0 aromatic carbocycles. The van der Waals surface area contributed by atoms with E-state index in [4.69, 9.17) is 16.3 Å². The minimum absolute atomic E-state index is 0.312. The van der Waals surface area contributed by atoms with Gasteiger partial charge in [-0.2, -0.15) is 5.10 Å². The van der Waals surface area contributed by atoms with E-state index in [2.05, 4.69) is 21.6 Å². The Bertz CT molecular complexity index is 523. The van der Waals surface area contributed by atoms with Crippen LogP contribution >= 0.6 is 11.6 Å². The monoisotopic (exact) mass is 238 g/mol. The van der Waals surface area contributed by atoms with Crippen molar-refractivity contribution in [1.29, 1.82) is 0 Å². The number of ether oxygens (including phenoxy) is 1. The van der Waals surface area contributed by atoms with E-state index in [0.29, 0.717) is 29.8 Å². The molecular weight excluding hydrogens is 228 g/mol. The fourth-order valence-electron chi connectivity index (χ4n) is 1.33. The minimum atomic E-state index is 0.312. The van der Waals surface area contributed by atoms with Crippen LogP contribution in [0.5, 0.6) is 0 Å². The SMILES string of the molecule is C=CCOCc1nc(Cl)c2cnn(C)c2n1. The van der Waals surface area contributed by atoms with E-state index in [-0.39, 0.29) is 0 Å². The Hall–Kier alpha value is -1.46. The zero-order valence-corrected chi connectivity index (χ0v) is 9.61. The quantitative estimate of drug-likeness (QED) is 0.462. The molecular formula is C10H11ClN4O. The summed E-state index contributed by atoms with van der Waals surface area (Å²) in [5, 5.41) is 5.21. The maximum absolute atomic E-state index is 6.01. The molecule has 0 saturated carbocycles. The first-order chi connectivity index (χ1) is 7.72. The molecule has 84 valence electrons. The van der Waals surface area contributed by atoms with Crippen molar-refractivity contribution >= 4 is 22.6 Å². The molecule has 0 N–H and O–H groups in total. The second-order valence-electron chi connectivity index (χ2n) is 3.24. The van der Waals surface area contributed by atoms with Gasteiger partial charge in [-0.25, -0.2) is 9.97 Å². The average molecular weight is 239 g/mol. The lowest BCUT2D eigenvalue weighted by molar-refractivity contribution is 0.143. The van der Waals surface area contributed by atoms with Crippen molar-refractivity contribution in [1.82, 2.24) is 19.7 Å². The van der Waals surface area contributed by atoms with E-state index in [1.54, 1.807) is 24.0 Å². The summed E-state index contributed by atoms with van der Waals surface area (Å²) in [5.74, 6) is 0.544. The highest BCUT2D eigenvalue weighted by Gasteiger charge is 2.09. The summed E-state index contributed by atoms with van der Waals surface area (Å²) in [7, 11) is 1.81. The summed E-state index contributed by atoms with van der Waals surface area (Å²) in [6.45, 7) is 4.33. The number of nitrogens with zero attached hydrogens (tertiary/aromatic N) is 4. The van der Waals surface area contributed by atoms with Crippen molar-refractivity contribution < 1.29 is 4.74 Å². The topological polar surface area (TPSA) is 52.8 Å². The maximum Gasteiger partial charge on any atom is 0.162 e. The normalized spacial score (nSPS) is 10.9. The highest BCUT2D eigenvalue weighted by Crippen LogP contribution is 2.19. The van der Waals surface area contributed by atoms with Crippen LogP contribution in [0.2, 0.25) is 5.15 Å². The molecule has 0 unspecified atom stereocenters. The molecule has 0 saturated heterocycles. The van der Waals surface area contributed by atoms with Gasteiger partial charge in [-0.3, -0.25) is 4.68 Å². The number of halogens is 1. The van der Waals surface area contributed by atoms with Crippen LogP contribution < -0.4 is 0 Å². The first-order valence-corrected chi connectivity index (χ1v) is 5.13. The number of hydrogen-bond donors (Lipinski definition) is 0. The summed E-state index contributed by atoms with van der Waals surface area (Å²) < 4.78 is 6.91. The van der Waals surface area contributed by atoms with Crippen LogP contribution in [0.15, 0.2) is 18.9 Å². The molecule has 0 aliphatic rings. The molecule has 0 atom stereocenters. The van der Waals surface area contributed by atoms with Gasteiger partial charge in [0.1, 0.15) is 11.8 Å². The van der Waals surface area contributed by atoms with Crippen molar-refractivity contribution in [3.8, 4) is 0 Å². The van der Waals surface area contributed by atoms with Crippen LogP contribution in [0.3, 0.4) is 0 Å². The van der Waals surface area contributed by atoms with Gasteiger partial charge in [-0.05, 0) is 0 Å². The smallest absolute Gasteiger partial charge is 0.162 e. The number of hydrogen-bond acceptors (Lipinski definition) is 4. The van der Waals surface area contributed by atoms with E-state index in [1.807, 2.05) is 0 Å². The molecule has 6 heteroatoms. The lowest BCUT2D eigenvalue weighted by atomic mass is 10.4. The van der Waals surface area contributed by atoms with Crippen molar-refractivity contribution in [3.63, 3.8) is 0 Å². The van der Waals surface area contributed by atoms with E-state index < -0.39 is 0 Å². The van der Waals surface area contributed by atoms with Crippen LogP contribution in [0, 0.1) is 0 Å². The Morgan fingerprint density at radius 1 is 1.56 bits per heavy atom. The number of fused-ring (bicyclic) bond motifs is 1. The largest absolute Gasteiger partial charge is 0.369 e. The molecule has 0 radical (unpaired) electrons. The molecule has 2 heterocycles. The number of aryl methyl sites for hydroxylation is 1. The summed E-state index contributed by atoms with van der Waals surface area (Å²) in [6.07, 6.45) is 3.32. The minimum Gasteiger partial charge on any atom is -0.369 e. The molecule has 0 fully saturated rings. The number of rotatable bonds is 4. The molecule has 0 bridgehead atoms. The van der Waals surface area contributed by atoms with Crippen LogP contribution in [0.1, 0.15) is 5.82 Å². The van der Waals surface area contributed by atoms with Crippen LogP contribution in [0.25, 0.3) is 11.0 Å². The summed E-state index contributed by atoms with van der Waals surface area (Å²) in [4.78, 5) is 8.44. The molecule has 0 aliphatic carbocycles. The van der Waals surface area contributed by atoms with Crippen molar-refractivity contribution in [3.05, 3.63) is 29.8 Å². The lowest BCUT2D eigenvalue weighted by Gasteiger charge is -2.02. The van der Waals surface area contributed by atoms with Crippen molar-refractivity contribution in [2.24, 2.45) is 7.05 Å². The highest BCUT2D eigenvalue weighted by molar-refractivity contribution is 6.33. The third kappa shape index (κ3) is 2.05. The second kappa shape index (κ2) is 4.59. The van der Waals surface area contributed by atoms with Crippen LogP contribution in [-0.4, -0.2) is 26.4 Å². The fourth-order valence-corrected chi connectivity index (χ4v) is 1.56. The summed E-state index contributed by atoms with van der Waals surface area (Å²) in [5.41, 5.74) is 0.706. The predicted molar refractivity (Wildman–Crippen MR) is 61.2 cm³/mol. The molecule has 2 rings (SSSR count). The standard InChI is InChI=1S/C10H11ClN4O/c1-3-4-16-6-8-13-9(11)7-5-12-15(2)10(7)14-8/h3,5H,1,4,6H2,2H3. The summed E-state index contributed by atoms with van der Waals surface area (Å²) in [6, 6.07) is 0. The zero-order chi connectivity index (χ0) is 11.5. The van der Waals surface area contributed by atoms with Gasteiger partial charge in [0.25, 0.3) is 0 Å². The molecule has 0 amide bonds. The van der Waals surface area contributed by atoms with Crippen molar-refractivity contribution in [2.75, 3.05) is 6.61 Å². The van der Waals surface area contributed by atoms with Crippen LogP contribution in [-0.2, 0) is 18.4 Å². The van der Waals surface area contributed by atoms with E-state index in [1.165, 1.54) is 0 Å². The Morgan fingerprint density at radius 2 is 2.38 bits per heavy atom. The molecule has 5 nitrogen and oxygen atoms in total. The molecule has 2 aromatic rings. The average Bonchev–Trinajstić information content (AvgIpc) is 2.62. The first kappa shape index (κ1) is 11.0. The van der Waals surface area contributed by atoms with Crippen LogP contribution in [0.4, 0.5) is 0 Å².